The number of thioether (sulfide) groups is 1. The molecule has 0 aromatic heterocycles. The van der Waals surface area contributed by atoms with Gasteiger partial charge in [0.2, 0.25) is 11.8 Å². The van der Waals surface area contributed by atoms with Crippen molar-refractivity contribution in [3.8, 4) is 0 Å². The van der Waals surface area contributed by atoms with E-state index in [1.807, 2.05) is 47.9 Å². The van der Waals surface area contributed by atoms with E-state index < -0.39 is 0 Å². The lowest BCUT2D eigenvalue weighted by Gasteiger charge is -2.35. The maximum Gasteiger partial charge on any atom is 0.236 e. The van der Waals surface area contributed by atoms with Crippen LogP contribution in [0.2, 0.25) is 5.02 Å². The second-order valence-corrected chi connectivity index (χ2v) is 7.45. The Morgan fingerprint density at radius 1 is 1.08 bits per heavy atom. The van der Waals surface area contributed by atoms with Gasteiger partial charge in [0, 0.05) is 49.2 Å². The van der Waals surface area contributed by atoms with Crippen molar-refractivity contribution < 1.29 is 9.59 Å². The molecule has 1 aromatic carbocycles. The highest BCUT2D eigenvalue weighted by molar-refractivity contribution is 8.00. The number of piperazine rings is 1. The molecular formula is C18H26ClN3O2S. The Hall–Kier alpha value is -1.24. The van der Waals surface area contributed by atoms with Crippen LogP contribution in [0.1, 0.15) is 13.8 Å². The topological polar surface area (TPSA) is 43.9 Å². The van der Waals surface area contributed by atoms with Crippen LogP contribution in [0.15, 0.2) is 29.2 Å². The van der Waals surface area contributed by atoms with Crippen LogP contribution in [0.5, 0.6) is 0 Å². The Morgan fingerprint density at radius 2 is 1.68 bits per heavy atom. The molecule has 0 N–H and O–H groups in total. The summed E-state index contributed by atoms with van der Waals surface area (Å²) in [6.07, 6.45) is 0. The summed E-state index contributed by atoms with van der Waals surface area (Å²) in [7, 11) is 0. The van der Waals surface area contributed by atoms with Crippen molar-refractivity contribution in [2.45, 2.75) is 18.7 Å². The molecule has 0 spiro atoms. The fourth-order valence-corrected chi connectivity index (χ4v) is 3.72. The smallest absolute Gasteiger partial charge is 0.236 e. The molecule has 0 unspecified atom stereocenters. The first-order valence-electron chi connectivity index (χ1n) is 8.69. The lowest BCUT2D eigenvalue weighted by molar-refractivity contribution is -0.133. The van der Waals surface area contributed by atoms with E-state index in [2.05, 4.69) is 4.90 Å². The van der Waals surface area contributed by atoms with Gasteiger partial charge >= 0.3 is 0 Å². The minimum atomic E-state index is 0.148. The molecule has 7 heteroatoms. The predicted octanol–water partition coefficient (Wildman–Crippen LogP) is 2.44. The number of carbonyl (C=O) groups excluding carboxylic acids is 2. The molecular weight excluding hydrogens is 358 g/mol. The van der Waals surface area contributed by atoms with E-state index in [1.54, 1.807) is 0 Å². The Balaban J connectivity index is 1.72. The summed E-state index contributed by atoms with van der Waals surface area (Å²) in [5.41, 5.74) is 0. The molecule has 1 aliphatic rings. The van der Waals surface area contributed by atoms with E-state index in [9.17, 15) is 9.59 Å². The van der Waals surface area contributed by atoms with Gasteiger partial charge in [0.1, 0.15) is 0 Å². The predicted molar refractivity (Wildman–Crippen MR) is 103 cm³/mol. The zero-order chi connectivity index (χ0) is 18.2. The van der Waals surface area contributed by atoms with Crippen LogP contribution in [0.3, 0.4) is 0 Å². The minimum Gasteiger partial charge on any atom is -0.342 e. The second kappa shape index (κ2) is 10.0. The van der Waals surface area contributed by atoms with Crippen molar-refractivity contribution in [3.05, 3.63) is 29.3 Å². The SMILES string of the molecule is CCN(CC)C(=O)CN1CCN(C(=O)CSc2ccc(Cl)cc2)CC1. The van der Waals surface area contributed by atoms with Crippen LogP contribution >= 0.6 is 23.4 Å². The Bertz CT molecular complexity index is 570. The first kappa shape index (κ1) is 20.1. The van der Waals surface area contributed by atoms with Gasteiger partial charge in [-0.25, -0.2) is 0 Å². The van der Waals surface area contributed by atoms with Crippen LogP contribution in [0.25, 0.3) is 0 Å². The van der Waals surface area contributed by atoms with Gasteiger partial charge in [-0.05, 0) is 38.1 Å². The van der Waals surface area contributed by atoms with Gasteiger partial charge in [0.15, 0.2) is 0 Å². The highest BCUT2D eigenvalue weighted by atomic mass is 35.5. The molecule has 0 bridgehead atoms. The quantitative estimate of drug-likeness (QED) is 0.678. The van der Waals surface area contributed by atoms with Gasteiger partial charge < -0.3 is 9.80 Å². The molecule has 0 radical (unpaired) electrons. The maximum atomic E-state index is 12.4. The molecule has 0 atom stereocenters. The number of hydrogen-bond donors (Lipinski definition) is 0. The lowest BCUT2D eigenvalue weighted by Crippen LogP contribution is -2.52. The third-order valence-electron chi connectivity index (χ3n) is 4.38. The van der Waals surface area contributed by atoms with Crippen molar-refractivity contribution >= 4 is 35.2 Å². The van der Waals surface area contributed by atoms with E-state index in [0.717, 1.165) is 31.1 Å². The van der Waals surface area contributed by atoms with Crippen LogP contribution in [-0.4, -0.2) is 78.1 Å². The van der Waals surface area contributed by atoms with Crippen LogP contribution in [0, 0.1) is 0 Å². The third kappa shape index (κ3) is 6.20. The molecule has 1 heterocycles. The number of carbonyl (C=O) groups is 2. The number of hydrogen-bond acceptors (Lipinski definition) is 4. The molecule has 0 aliphatic carbocycles. The van der Waals surface area contributed by atoms with Gasteiger partial charge in [0.25, 0.3) is 0 Å². The van der Waals surface area contributed by atoms with Gasteiger partial charge in [-0.15, -0.1) is 11.8 Å². The van der Waals surface area contributed by atoms with Crippen molar-refractivity contribution in [3.63, 3.8) is 0 Å². The standard InChI is InChI=1S/C18H26ClN3O2S/c1-3-21(4-2)17(23)13-20-9-11-22(12-10-20)18(24)14-25-16-7-5-15(19)6-8-16/h5-8H,3-4,9-14H2,1-2H3. The number of amides is 2. The van der Waals surface area contributed by atoms with E-state index in [1.165, 1.54) is 11.8 Å². The van der Waals surface area contributed by atoms with Crippen molar-refractivity contribution in [1.82, 2.24) is 14.7 Å². The average Bonchev–Trinajstić information content (AvgIpc) is 2.62. The minimum absolute atomic E-state index is 0.148. The zero-order valence-electron chi connectivity index (χ0n) is 14.9. The largest absolute Gasteiger partial charge is 0.342 e. The zero-order valence-corrected chi connectivity index (χ0v) is 16.5. The summed E-state index contributed by atoms with van der Waals surface area (Å²) in [6, 6.07) is 7.52. The molecule has 2 amide bonds. The van der Waals surface area contributed by atoms with Crippen molar-refractivity contribution in [2.75, 3.05) is 51.6 Å². The maximum absolute atomic E-state index is 12.4. The van der Waals surface area contributed by atoms with Crippen LogP contribution in [-0.2, 0) is 9.59 Å². The number of rotatable bonds is 7. The fraction of sp³-hybridized carbons (Fsp3) is 0.556. The molecule has 1 fully saturated rings. The summed E-state index contributed by atoms with van der Waals surface area (Å²) < 4.78 is 0. The molecule has 138 valence electrons. The Labute approximate surface area is 159 Å². The summed E-state index contributed by atoms with van der Waals surface area (Å²) in [4.78, 5) is 31.4. The molecule has 1 saturated heterocycles. The van der Waals surface area contributed by atoms with Crippen LogP contribution < -0.4 is 0 Å². The van der Waals surface area contributed by atoms with Gasteiger partial charge in [-0.2, -0.15) is 0 Å². The normalized spacial score (nSPS) is 15.2. The highest BCUT2D eigenvalue weighted by Gasteiger charge is 2.23. The van der Waals surface area contributed by atoms with Gasteiger partial charge in [0.05, 0.1) is 12.3 Å². The second-order valence-electron chi connectivity index (χ2n) is 5.97. The van der Waals surface area contributed by atoms with E-state index >= 15 is 0 Å². The molecule has 2 rings (SSSR count). The van der Waals surface area contributed by atoms with E-state index in [0.29, 0.717) is 30.4 Å². The van der Waals surface area contributed by atoms with Crippen molar-refractivity contribution in [2.24, 2.45) is 0 Å². The molecule has 0 saturated carbocycles. The summed E-state index contributed by atoms with van der Waals surface area (Å²) in [5, 5.41) is 0.700. The summed E-state index contributed by atoms with van der Waals surface area (Å²) in [5.74, 6) is 0.748. The summed E-state index contributed by atoms with van der Waals surface area (Å²) in [6.45, 7) is 8.81. The van der Waals surface area contributed by atoms with E-state index in [-0.39, 0.29) is 11.8 Å². The van der Waals surface area contributed by atoms with Crippen LogP contribution in [0.4, 0.5) is 0 Å². The molecule has 25 heavy (non-hydrogen) atoms. The number of benzene rings is 1. The summed E-state index contributed by atoms with van der Waals surface area (Å²) >= 11 is 7.40. The first-order valence-corrected chi connectivity index (χ1v) is 10.1. The Kier molecular flexibility index (Phi) is 8.06. The Morgan fingerprint density at radius 3 is 2.24 bits per heavy atom. The fourth-order valence-electron chi connectivity index (χ4n) is 2.79. The molecule has 1 aliphatic heterocycles. The number of halogens is 1. The highest BCUT2D eigenvalue weighted by Crippen LogP contribution is 2.20. The average molecular weight is 384 g/mol. The van der Waals surface area contributed by atoms with Crippen molar-refractivity contribution in [1.29, 1.82) is 0 Å². The number of nitrogens with zero attached hydrogens (tertiary/aromatic N) is 3. The van der Waals surface area contributed by atoms with Gasteiger partial charge in [-0.1, -0.05) is 11.6 Å². The third-order valence-corrected chi connectivity index (χ3v) is 5.62. The lowest BCUT2D eigenvalue weighted by atomic mass is 10.3. The van der Waals surface area contributed by atoms with E-state index in [4.69, 9.17) is 11.6 Å². The molecule has 1 aromatic rings. The first-order chi connectivity index (χ1) is 12.0. The number of likely N-dealkylation sites (N-methyl/N-ethyl adjacent to an activating group) is 1. The van der Waals surface area contributed by atoms with Gasteiger partial charge in [-0.3, -0.25) is 14.5 Å². The monoisotopic (exact) mass is 383 g/mol. The molecule has 5 nitrogen and oxygen atoms in total.